The molecule has 0 amide bonds. The van der Waals surface area contributed by atoms with Gasteiger partial charge in [-0.3, -0.25) is 4.79 Å². The third-order valence-electron chi connectivity index (χ3n) is 1.22. The Balaban J connectivity index is 3.06. The molecule has 0 saturated heterocycles. The molecule has 0 saturated carbocycles. The smallest absolute Gasteiger partial charge is 0.308 e. The van der Waals surface area contributed by atoms with Gasteiger partial charge in [0.2, 0.25) is 0 Å². The van der Waals surface area contributed by atoms with Crippen molar-refractivity contribution in [1.82, 2.24) is 0 Å². The van der Waals surface area contributed by atoms with Gasteiger partial charge in [-0.15, -0.1) is 0 Å². The van der Waals surface area contributed by atoms with Crippen molar-refractivity contribution >= 4 is 21.9 Å². The fourth-order valence-corrected chi connectivity index (χ4v) is 0.986. The summed E-state index contributed by atoms with van der Waals surface area (Å²) in [5.41, 5.74) is 0. The van der Waals surface area contributed by atoms with Gasteiger partial charge in [-0.1, -0.05) is 0 Å². The van der Waals surface area contributed by atoms with Crippen molar-refractivity contribution in [2.75, 3.05) is 0 Å². The van der Waals surface area contributed by atoms with Crippen LogP contribution < -0.4 is 4.74 Å². The number of hydrogen-bond donors (Lipinski definition) is 0. The Bertz CT molecular complexity index is 329. The van der Waals surface area contributed by atoms with Crippen LogP contribution in [0, 0.1) is 11.6 Å². The average molecular weight is 251 g/mol. The van der Waals surface area contributed by atoms with Crippen LogP contribution in [0.25, 0.3) is 0 Å². The van der Waals surface area contributed by atoms with Crippen molar-refractivity contribution in [1.29, 1.82) is 0 Å². The first-order valence-electron chi connectivity index (χ1n) is 3.33. The van der Waals surface area contributed by atoms with Crippen LogP contribution in [0.1, 0.15) is 6.92 Å². The second-order valence-corrected chi connectivity index (χ2v) is 3.09. The first-order chi connectivity index (χ1) is 6.00. The molecule has 0 aliphatic rings. The predicted molar refractivity (Wildman–Crippen MR) is 45.4 cm³/mol. The Labute approximate surface area is 81.6 Å². The highest BCUT2D eigenvalue weighted by Gasteiger charge is 2.09. The molecule has 0 bridgehead atoms. The quantitative estimate of drug-likeness (QED) is 0.435. The standard InChI is InChI=1S/C8H5BrF2O2/c1-4(12)13-5-2-6(10)8(9)7(11)3-5/h2-3H,1H3. The van der Waals surface area contributed by atoms with E-state index in [1.807, 2.05) is 0 Å². The highest BCUT2D eigenvalue weighted by Crippen LogP contribution is 2.24. The Morgan fingerprint density at radius 2 is 1.85 bits per heavy atom. The molecular weight excluding hydrogens is 246 g/mol. The number of benzene rings is 1. The Morgan fingerprint density at radius 1 is 1.38 bits per heavy atom. The van der Waals surface area contributed by atoms with Crippen LogP contribution in [0.15, 0.2) is 16.6 Å². The fourth-order valence-electron chi connectivity index (χ4n) is 0.757. The zero-order valence-electron chi connectivity index (χ0n) is 6.61. The van der Waals surface area contributed by atoms with E-state index in [0.717, 1.165) is 19.1 Å². The van der Waals surface area contributed by atoms with Crippen LogP contribution in [-0.2, 0) is 4.79 Å². The summed E-state index contributed by atoms with van der Waals surface area (Å²) >= 11 is 2.69. The molecule has 0 unspecified atom stereocenters. The molecule has 0 spiro atoms. The van der Waals surface area contributed by atoms with Crippen LogP contribution in [0.4, 0.5) is 8.78 Å². The van der Waals surface area contributed by atoms with E-state index in [2.05, 4.69) is 20.7 Å². The van der Waals surface area contributed by atoms with E-state index in [0.29, 0.717) is 0 Å². The van der Waals surface area contributed by atoms with E-state index in [9.17, 15) is 13.6 Å². The highest BCUT2D eigenvalue weighted by atomic mass is 79.9. The molecule has 0 N–H and O–H groups in total. The van der Waals surface area contributed by atoms with Crippen molar-refractivity contribution in [2.45, 2.75) is 6.92 Å². The van der Waals surface area contributed by atoms with E-state index in [1.54, 1.807) is 0 Å². The summed E-state index contributed by atoms with van der Waals surface area (Å²) in [5, 5.41) is 0. The normalized spacial score (nSPS) is 9.85. The summed E-state index contributed by atoms with van der Waals surface area (Å²) in [7, 11) is 0. The summed E-state index contributed by atoms with van der Waals surface area (Å²) < 4.78 is 29.8. The van der Waals surface area contributed by atoms with Crippen molar-refractivity contribution in [3.63, 3.8) is 0 Å². The maximum Gasteiger partial charge on any atom is 0.308 e. The van der Waals surface area contributed by atoms with Gasteiger partial charge in [-0.25, -0.2) is 8.78 Å². The molecule has 1 rings (SSSR count). The number of ether oxygens (including phenoxy) is 1. The Morgan fingerprint density at radius 3 is 2.23 bits per heavy atom. The monoisotopic (exact) mass is 250 g/mol. The molecule has 0 aliphatic carbocycles. The second kappa shape index (κ2) is 3.83. The third kappa shape index (κ3) is 2.48. The summed E-state index contributed by atoms with van der Waals surface area (Å²) in [6.45, 7) is 1.15. The van der Waals surface area contributed by atoms with Crippen LogP contribution in [-0.4, -0.2) is 5.97 Å². The maximum absolute atomic E-state index is 12.8. The van der Waals surface area contributed by atoms with E-state index in [4.69, 9.17) is 0 Å². The molecule has 1 aromatic rings. The maximum atomic E-state index is 12.8. The zero-order chi connectivity index (χ0) is 10.0. The Kier molecular flexibility index (Phi) is 2.98. The highest BCUT2D eigenvalue weighted by molar-refractivity contribution is 9.10. The molecule has 5 heteroatoms. The number of carbonyl (C=O) groups excluding carboxylic acids is 1. The van der Waals surface area contributed by atoms with Crippen LogP contribution in [0.5, 0.6) is 5.75 Å². The number of carbonyl (C=O) groups is 1. The van der Waals surface area contributed by atoms with Crippen molar-refractivity contribution < 1.29 is 18.3 Å². The minimum Gasteiger partial charge on any atom is -0.427 e. The van der Waals surface area contributed by atoms with Crippen molar-refractivity contribution in [3.8, 4) is 5.75 Å². The van der Waals surface area contributed by atoms with Gasteiger partial charge in [-0.05, 0) is 15.9 Å². The molecule has 0 heterocycles. The van der Waals surface area contributed by atoms with Crippen LogP contribution >= 0.6 is 15.9 Å². The topological polar surface area (TPSA) is 26.3 Å². The van der Waals surface area contributed by atoms with Crippen molar-refractivity contribution in [2.24, 2.45) is 0 Å². The molecule has 70 valence electrons. The van der Waals surface area contributed by atoms with Gasteiger partial charge in [0.05, 0.1) is 4.47 Å². The lowest BCUT2D eigenvalue weighted by molar-refractivity contribution is -0.131. The number of hydrogen-bond acceptors (Lipinski definition) is 2. The molecule has 0 fully saturated rings. The fraction of sp³-hybridized carbons (Fsp3) is 0.125. The van der Waals surface area contributed by atoms with Crippen LogP contribution in [0.3, 0.4) is 0 Å². The molecule has 0 aromatic heterocycles. The molecule has 0 aliphatic heterocycles. The summed E-state index contributed by atoms with van der Waals surface area (Å²) in [6, 6.07) is 1.85. The van der Waals surface area contributed by atoms with Gasteiger partial charge in [0.15, 0.2) is 0 Å². The molecule has 2 nitrogen and oxygen atoms in total. The van der Waals surface area contributed by atoms with Gasteiger partial charge >= 0.3 is 5.97 Å². The summed E-state index contributed by atoms with van der Waals surface area (Å²) in [4.78, 5) is 10.4. The van der Waals surface area contributed by atoms with Gasteiger partial charge in [0.25, 0.3) is 0 Å². The van der Waals surface area contributed by atoms with Gasteiger partial charge in [0.1, 0.15) is 17.4 Å². The molecule has 13 heavy (non-hydrogen) atoms. The average Bonchev–Trinajstić information content (AvgIpc) is 1.98. The Hall–Kier alpha value is -0.970. The third-order valence-corrected chi connectivity index (χ3v) is 1.98. The van der Waals surface area contributed by atoms with Crippen LogP contribution in [0.2, 0.25) is 0 Å². The van der Waals surface area contributed by atoms with Gasteiger partial charge in [0, 0.05) is 19.1 Å². The first-order valence-corrected chi connectivity index (χ1v) is 4.13. The van der Waals surface area contributed by atoms with Crippen molar-refractivity contribution in [3.05, 3.63) is 28.2 Å². The van der Waals surface area contributed by atoms with Gasteiger partial charge in [-0.2, -0.15) is 0 Å². The lowest BCUT2D eigenvalue weighted by Gasteiger charge is -2.02. The molecule has 1 aromatic carbocycles. The van der Waals surface area contributed by atoms with E-state index in [-0.39, 0.29) is 10.2 Å². The van der Waals surface area contributed by atoms with E-state index >= 15 is 0 Å². The number of rotatable bonds is 1. The van der Waals surface area contributed by atoms with Gasteiger partial charge < -0.3 is 4.74 Å². The molecule has 0 radical (unpaired) electrons. The summed E-state index contributed by atoms with van der Waals surface area (Å²) in [5.74, 6) is -2.39. The summed E-state index contributed by atoms with van der Waals surface area (Å²) in [6.07, 6.45) is 0. The second-order valence-electron chi connectivity index (χ2n) is 2.29. The van der Waals surface area contributed by atoms with E-state index < -0.39 is 17.6 Å². The SMILES string of the molecule is CC(=O)Oc1cc(F)c(Br)c(F)c1. The lowest BCUT2D eigenvalue weighted by atomic mass is 10.3. The predicted octanol–water partition coefficient (Wildman–Crippen LogP) is 2.65. The number of esters is 1. The molecule has 0 atom stereocenters. The minimum atomic E-state index is -0.809. The lowest BCUT2D eigenvalue weighted by Crippen LogP contribution is -2.02. The largest absolute Gasteiger partial charge is 0.427 e. The first kappa shape index (κ1) is 10.1. The minimum absolute atomic E-state index is 0.147. The zero-order valence-corrected chi connectivity index (χ0v) is 8.19. The molecular formula is C8H5BrF2O2. The number of halogens is 3. The van der Waals surface area contributed by atoms with E-state index in [1.165, 1.54) is 0 Å².